The summed E-state index contributed by atoms with van der Waals surface area (Å²) in [6.07, 6.45) is 2.94. The molecule has 0 amide bonds. The molecule has 1 aliphatic carbocycles. The fraction of sp³-hybridized carbons (Fsp3) is 0.316. The zero-order valence-corrected chi connectivity index (χ0v) is 13.6. The number of phenols is 1. The SMILES string of the molecule is Cc1cc2c(cc1O)/C(=N/OCc1ccc3c(c1)=NCN=3)CCC2. The third-order valence-electron chi connectivity index (χ3n) is 4.52. The van der Waals surface area contributed by atoms with E-state index >= 15 is 0 Å². The Morgan fingerprint density at radius 2 is 2.00 bits per heavy atom. The minimum Gasteiger partial charge on any atom is -0.508 e. The molecule has 0 saturated carbocycles. The van der Waals surface area contributed by atoms with Gasteiger partial charge in [0.05, 0.1) is 16.4 Å². The fourth-order valence-electron chi connectivity index (χ4n) is 3.20. The number of hydrogen-bond acceptors (Lipinski definition) is 5. The van der Waals surface area contributed by atoms with E-state index in [1.165, 1.54) is 5.56 Å². The summed E-state index contributed by atoms with van der Waals surface area (Å²) in [5.74, 6) is 0.312. The van der Waals surface area contributed by atoms with E-state index in [-0.39, 0.29) is 0 Å². The van der Waals surface area contributed by atoms with Crippen LogP contribution in [0.4, 0.5) is 0 Å². The number of fused-ring (bicyclic) bond motifs is 2. The topological polar surface area (TPSA) is 66.5 Å². The summed E-state index contributed by atoms with van der Waals surface area (Å²) in [4.78, 5) is 14.2. The molecule has 24 heavy (non-hydrogen) atoms. The summed E-state index contributed by atoms with van der Waals surface area (Å²) < 4.78 is 0. The van der Waals surface area contributed by atoms with Gasteiger partial charge in [0.1, 0.15) is 19.0 Å². The first-order valence-corrected chi connectivity index (χ1v) is 8.20. The van der Waals surface area contributed by atoms with Crippen molar-refractivity contribution in [1.82, 2.24) is 0 Å². The van der Waals surface area contributed by atoms with Crippen LogP contribution in [0.2, 0.25) is 0 Å². The zero-order valence-electron chi connectivity index (χ0n) is 13.6. The lowest BCUT2D eigenvalue weighted by Crippen LogP contribution is -2.21. The second kappa shape index (κ2) is 6.07. The van der Waals surface area contributed by atoms with Crippen molar-refractivity contribution in [3.63, 3.8) is 0 Å². The van der Waals surface area contributed by atoms with Crippen molar-refractivity contribution >= 4 is 5.71 Å². The highest BCUT2D eigenvalue weighted by Gasteiger charge is 2.18. The summed E-state index contributed by atoms with van der Waals surface area (Å²) in [6.45, 7) is 2.84. The molecule has 0 unspecified atom stereocenters. The average molecular weight is 321 g/mol. The van der Waals surface area contributed by atoms with Crippen molar-refractivity contribution in [1.29, 1.82) is 0 Å². The molecule has 0 saturated heterocycles. The van der Waals surface area contributed by atoms with E-state index in [1.54, 1.807) is 0 Å². The van der Waals surface area contributed by atoms with Gasteiger partial charge in [-0.1, -0.05) is 17.3 Å². The lowest BCUT2D eigenvalue weighted by molar-refractivity contribution is 0.130. The Bertz CT molecular complexity index is 948. The number of phenolic OH excluding ortho intramolecular Hbond substituents is 1. The van der Waals surface area contributed by atoms with Crippen LogP contribution in [0, 0.1) is 6.92 Å². The van der Waals surface area contributed by atoms with Gasteiger partial charge < -0.3 is 9.94 Å². The van der Waals surface area contributed by atoms with Gasteiger partial charge in [-0.15, -0.1) is 0 Å². The summed E-state index contributed by atoms with van der Waals surface area (Å²) in [6, 6.07) is 9.81. The van der Waals surface area contributed by atoms with E-state index in [4.69, 9.17) is 4.84 Å². The third-order valence-corrected chi connectivity index (χ3v) is 4.52. The Kier molecular flexibility index (Phi) is 3.76. The molecule has 1 N–H and O–H groups in total. The number of benzene rings is 2. The van der Waals surface area contributed by atoms with Crippen molar-refractivity contribution in [3.05, 3.63) is 63.3 Å². The lowest BCUT2D eigenvalue weighted by Gasteiger charge is -2.18. The molecule has 2 aromatic rings. The molecule has 1 heterocycles. The predicted octanol–water partition coefficient (Wildman–Crippen LogP) is 2.17. The summed E-state index contributed by atoms with van der Waals surface area (Å²) in [5.41, 5.74) is 5.08. The lowest BCUT2D eigenvalue weighted by atomic mass is 9.88. The Hall–Kier alpha value is -2.69. The summed E-state index contributed by atoms with van der Waals surface area (Å²) in [7, 11) is 0. The quantitative estimate of drug-likeness (QED) is 0.881. The smallest absolute Gasteiger partial charge is 0.142 e. The minimum atomic E-state index is 0.312. The molecule has 4 rings (SSSR count). The predicted molar refractivity (Wildman–Crippen MR) is 90.7 cm³/mol. The van der Waals surface area contributed by atoms with Gasteiger partial charge in [-0.3, -0.25) is 9.98 Å². The van der Waals surface area contributed by atoms with Gasteiger partial charge in [0, 0.05) is 5.56 Å². The third kappa shape index (κ3) is 2.77. The molecule has 0 atom stereocenters. The molecule has 0 radical (unpaired) electrons. The van der Waals surface area contributed by atoms with E-state index in [9.17, 15) is 5.11 Å². The normalized spacial score (nSPS) is 17.0. The molecule has 0 bridgehead atoms. The molecule has 0 fully saturated rings. The Morgan fingerprint density at radius 1 is 1.12 bits per heavy atom. The largest absolute Gasteiger partial charge is 0.508 e. The van der Waals surface area contributed by atoms with Crippen LogP contribution in [-0.2, 0) is 17.9 Å². The van der Waals surface area contributed by atoms with Gasteiger partial charge in [0.2, 0.25) is 0 Å². The van der Waals surface area contributed by atoms with E-state index in [2.05, 4.69) is 15.1 Å². The summed E-state index contributed by atoms with van der Waals surface area (Å²) in [5, 5.41) is 16.2. The number of oxime groups is 1. The van der Waals surface area contributed by atoms with Crippen molar-refractivity contribution < 1.29 is 9.94 Å². The van der Waals surface area contributed by atoms with Crippen molar-refractivity contribution in [2.75, 3.05) is 6.67 Å². The van der Waals surface area contributed by atoms with Crippen LogP contribution in [0.5, 0.6) is 5.75 Å². The standard InChI is InChI=1S/C19H19N3O2/c1-12-7-14-3-2-4-16(15(14)9-19(12)23)22-24-10-13-5-6-17-18(8-13)21-11-20-17/h5-9,23H,2-4,10-11H2,1H3/b22-16+. The highest BCUT2D eigenvalue weighted by Crippen LogP contribution is 2.28. The van der Waals surface area contributed by atoms with Crippen LogP contribution in [-0.4, -0.2) is 17.5 Å². The van der Waals surface area contributed by atoms with Gasteiger partial charge >= 0.3 is 0 Å². The number of nitrogens with zero attached hydrogens (tertiary/aromatic N) is 3. The molecular formula is C19H19N3O2. The van der Waals surface area contributed by atoms with Crippen molar-refractivity contribution in [2.24, 2.45) is 15.1 Å². The fourth-order valence-corrected chi connectivity index (χ4v) is 3.20. The van der Waals surface area contributed by atoms with Crippen LogP contribution in [0.25, 0.3) is 0 Å². The molecule has 5 heteroatoms. The van der Waals surface area contributed by atoms with Crippen LogP contribution < -0.4 is 10.7 Å². The first-order valence-electron chi connectivity index (χ1n) is 8.20. The summed E-state index contributed by atoms with van der Waals surface area (Å²) >= 11 is 0. The van der Waals surface area contributed by atoms with Crippen LogP contribution in [0.1, 0.15) is 35.1 Å². The Morgan fingerprint density at radius 3 is 2.92 bits per heavy atom. The van der Waals surface area contributed by atoms with E-state index in [0.717, 1.165) is 52.4 Å². The molecule has 0 aromatic heterocycles. The number of hydrogen-bond donors (Lipinski definition) is 1. The van der Waals surface area contributed by atoms with Crippen molar-refractivity contribution in [3.8, 4) is 5.75 Å². The minimum absolute atomic E-state index is 0.312. The highest BCUT2D eigenvalue weighted by atomic mass is 16.6. The highest BCUT2D eigenvalue weighted by molar-refractivity contribution is 6.02. The number of aromatic hydroxyl groups is 1. The van der Waals surface area contributed by atoms with Gasteiger partial charge in [0.25, 0.3) is 0 Å². The van der Waals surface area contributed by atoms with E-state index in [0.29, 0.717) is 19.0 Å². The van der Waals surface area contributed by atoms with Crippen LogP contribution in [0.15, 0.2) is 45.5 Å². The maximum Gasteiger partial charge on any atom is 0.142 e. The number of rotatable bonds is 3. The first kappa shape index (κ1) is 14.9. The average Bonchev–Trinajstić information content (AvgIpc) is 3.04. The molecule has 0 spiro atoms. The first-order chi connectivity index (χ1) is 11.7. The van der Waals surface area contributed by atoms with E-state index in [1.807, 2.05) is 37.3 Å². The van der Waals surface area contributed by atoms with Crippen LogP contribution in [0.3, 0.4) is 0 Å². The molecule has 1 aliphatic heterocycles. The molecule has 2 aliphatic rings. The van der Waals surface area contributed by atoms with Crippen molar-refractivity contribution in [2.45, 2.75) is 32.8 Å². The second-order valence-corrected chi connectivity index (χ2v) is 6.24. The van der Waals surface area contributed by atoms with Gasteiger partial charge in [0.15, 0.2) is 0 Å². The van der Waals surface area contributed by atoms with Gasteiger partial charge in [-0.25, -0.2) is 0 Å². The maximum absolute atomic E-state index is 9.97. The molecule has 122 valence electrons. The Labute approximate surface area is 140 Å². The molecular weight excluding hydrogens is 302 g/mol. The van der Waals surface area contributed by atoms with Crippen LogP contribution >= 0.6 is 0 Å². The molecule has 2 aromatic carbocycles. The Balaban J connectivity index is 1.53. The molecule has 5 nitrogen and oxygen atoms in total. The second-order valence-electron chi connectivity index (χ2n) is 6.24. The van der Waals surface area contributed by atoms with E-state index < -0.39 is 0 Å². The number of aryl methyl sites for hydroxylation is 2. The zero-order chi connectivity index (χ0) is 16.5. The van der Waals surface area contributed by atoms with Gasteiger partial charge in [-0.2, -0.15) is 0 Å². The monoisotopic (exact) mass is 321 g/mol. The maximum atomic E-state index is 9.97. The van der Waals surface area contributed by atoms with Gasteiger partial charge in [-0.05, 0) is 61.1 Å².